The molecule has 0 bridgehead atoms. The van der Waals surface area contributed by atoms with E-state index >= 15 is 0 Å². The van der Waals surface area contributed by atoms with Crippen molar-refractivity contribution in [3.63, 3.8) is 0 Å². The molecule has 0 saturated carbocycles. The maximum atomic E-state index is 10.5. The average molecular weight is 283 g/mol. The molecule has 6 heteroatoms. The number of rotatable bonds is 9. The third kappa shape index (κ3) is 4.97. The van der Waals surface area contributed by atoms with E-state index in [1.54, 1.807) is 26.4 Å². The Bertz CT molecular complexity index is 436. The minimum atomic E-state index is -0.799. The summed E-state index contributed by atoms with van der Waals surface area (Å²) in [6, 6.07) is 5.42. The molecule has 0 aliphatic rings. The van der Waals surface area contributed by atoms with E-state index in [4.69, 9.17) is 19.3 Å². The summed E-state index contributed by atoms with van der Waals surface area (Å²) in [5.74, 6) is 0.984. The fourth-order valence-electron chi connectivity index (χ4n) is 1.68. The van der Waals surface area contributed by atoms with Crippen molar-refractivity contribution in [1.82, 2.24) is 4.90 Å². The van der Waals surface area contributed by atoms with E-state index in [0.29, 0.717) is 36.9 Å². The molecule has 1 N–H and O–H groups in total. The van der Waals surface area contributed by atoms with Gasteiger partial charge in [-0.25, -0.2) is 0 Å². The molecule has 0 saturated heterocycles. The fourth-order valence-corrected chi connectivity index (χ4v) is 1.68. The Morgan fingerprint density at radius 3 is 2.50 bits per heavy atom. The number of likely N-dealkylation sites (N-methyl/N-ethyl adjacent to an activating group) is 1. The largest absolute Gasteiger partial charge is 0.493 e. The lowest BCUT2D eigenvalue weighted by atomic mass is 10.3. The first kappa shape index (κ1) is 16.1. The minimum Gasteiger partial charge on any atom is -0.493 e. The van der Waals surface area contributed by atoms with Crippen molar-refractivity contribution in [2.75, 3.05) is 41.0 Å². The van der Waals surface area contributed by atoms with Gasteiger partial charge in [0.25, 0.3) is 0 Å². The highest BCUT2D eigenvalue weighted by atomic mass is 16.5. The predicted molar refractivity (Wildman–Crippen MR) is 74.8 cm³/mol. The Morgan fingerprint density at radius 1 is 1.20 bits per heavy atom. The van der Waals surface area contributed by atoms with Gasteiger partial charge in [0, 0.05) is 13.1 Å². The van der Waals surface area contributed by atoms with Crippen molar-refractivity contribution in [3.8, 4) is 17.2 Å². The molecule has 0 atom stereocenters. The summed E-state index contributed by atoms with van der Waals surface area (Å²) >= 11 is 0. The van der Waals surface area contributed by atoms with Gasteiger partial charge in [-0.1, -0.05) is 6.07 Å². The van der Waals surface area contributed by atoms with Crippen molar-refractivity contribution in [1.29, 1.82) is 0 Å². The first-order chi connectivity index (χ1) is 9.58. The van der Waals surface area contributed by atoms with Crippen LogP contribution in [0.1, 0.15) is 6.42 Å². The van der Waals surface area contributed by atoms with Crippen molar-refractivity contribution in [3.05, 3.63) is 18.2 Å². The van der Waals surface area contributed by atoms with Gasteiger partial charge in [0.05, 0.1) is 20.6 Å². The molecule has 0 aliphatic heterocycles. The van der Waals surface area contributed by atoms with Crippen LogP contribution in [0.15, 0.2) is 18.2 Å². The number of ether oxygens (including phenoxy) is 3. The quantitative estimate of drug-likeness (QED) is 0.740. The van der Waals surface area contributed by atoms with E-state index in [9.17, 15) is 4.79 Å². The standard InChI is InChI=1S/C14H21NO5/c1-15(8-7-13(16)17)9-10-20-12-6-4-5-11(18-2)14(12)19-3/h4-6H,7-10H2,1-3H3,(H,16,17). The molecule has 0 aromatic heterocycles. The lowest BCUT2D eigenvalue weighted by Gasteiger charge is -2.17. The Morgan fingerprint density at radius 2 is 1.90 bits per heavy atom. The van der Waals surface area contributed by atoms with Crippen molar-refractivity contribution in [2.24, 2.45) is 0 Å². The highest BCUT2D eigenvalue weighted by molar-refractivity contribution is 5.66. The van der Waals surface area contributed by atoms with Gasteiger partial charge in [-0.2, -0.15) is 0 Å². The summed E-state index contributed by atoms with van der Waals surface area (Å²) in [7, 11) is 4.99. The Hall–Kier alpha value is -1.95. The summed E-state index contributed by atoms with van der Waals surface area (Å²) in [6.07, 6.45) is 0.124. The second-order valence-corrected chi connectivity index (χ2v) is 4.29. The molecule has 0 radical (unpaired) electrons. The molecule has 112 valence electrons. The average Bonchev–Trinajstić information content (AvgIpc) is 2.44. The van der Waals surface area contributed by atoms with Gasteiger partial charge in [-0.3, -0.25) is 4.79 Å². The summed E-state index contributed by atoms with van der Waals surface area (Å²) in [4.78, 5) is 12.4. The number of carboxylic acid groups (broad SMARTS) is 1. The maximum Gasteiger partial charge on any atom is 0.304 e. The third-order valence-electron chi connectivity index (χ3n) is 2.80. The summed E-state index contributed by atoms with van der Waals surface area (Å²) in [5.41, 5.74) is 0. The predicted octanol–water partition coefficient (Wildman–Crippen LogP) is 1.49. The van der Waals surface area contributed by atoms with Gasteiger partial charge in [0.1, 0.15) is 6.61 Å². The number of aliphatic carboxylic acids is 1. The van der Waals surface area contributed by atoms with Crippen molar-refractivity contribution < 1.29 is 24.1 Å². The normalized spacial score (nSPS) is 10.4. The van der Waals surface area contributed by atoms with Gasteiger partial charge in [-0.15, -0.1) is 0 Å². The highest BCUT2D eigenvalue weighted by Gasteiger charge is 2.10. The number of hydrogen-bond donors (Lipinski definition) is 1. The van der Waals surface area contributed by atoms with Gasteiger partial charge >= 0.3 is 5.97 Å². The molecule has 1 rings (SSSR count). The summed E-state index contributed by atoms with van der Waals surface area (Å²) < 4.78 is 16.1. The van der Waals surface area contributed by atoms with Gasteiger partial charge in [0.15, 0.2) is 11.5 Å². The van der Waals surface area contributed by atoms with Crippen LogP contribution < -0.4 is 14.2 Å². The Balaban J connectivity index is 2.47. The highest BCUT2D eigenvalue weighted by Crippen LogP contribution is 2.36. The first-order valence-corrected chi connectivity index (χ1v) is 6.32. The molecule has 20 heavy (non-hydrogen) atoms. The van der Waals surface area contributed by atoms with Crippen LogP contribution in [-0.4, -0.2) is 56.9 Å². The minimum absolute atomic E-state index is 0.124. The van der Waals surface area contributed by atoms with Crippen LogP contribution in [0.4, 0.5) is 0 Å². The smallest absolute Gasteiger partial charge is 0.304 e. The molecule has 0 heterocycles. The fraction of sp³-hybridized carbons (Fsp3) is 0.500. The molecular formula is C14H21NO5. The molecule has 0 unspecified atom stereocenters. The molecule has 0 spiro atoms. The number of methoxy groups -OCH3 is 2. The van der Waals surface area contributed by atoms with E-state index in [1.165, 1.54) is 0 Å². The van der Waals surface area contributed by atoms with E-state index in [-0.39, 0.29) is 6.42 Å². The number of carboxylic acids is 1. The first-order valence-electron chi connectivity index (χ1n) is 6.32. The van der Waals surface area contributed by atoms with Crippen LogP contribution in [0.3, 0.4) is 0 Å². The van der Waals surface area contributed by atoms with E-state index in [0.717, 1.165) is 0 Å². The molecule has 0 aliphatic carbocycles. The second kappa shape index (κ2) is 8.27. The SMILES string of the molecule is COc1cccc(OCCN(C)CCC(=O)O)c1OC. The Labute approximate surface area is 118 Å². The third-order valence-corrected chi connectivity index (χ3v) is 2.80. The zero-order valence-electron chi connectivity index (χ0n) is 12.1. The van der Waals surface area contributed by atoms with Crippen molar-refractivity contribution >= 4 is 5.97 Å². The van der Waals surface area contributed by atoms with Crippen LogP contribution in [0.5, 0.6) is 17.2 Å². The van der Waals surface area contributed by atoms with Gasteiger partial charge in [-0.05, 0) is 19.2 Å². The van der Waals surface area contributed by atoms with Crippen LogP contribution in [0, 0.1) is 0 Å². The lowest BCUT2D eigenvalue weighted by molar-refractivity contribution is -0.137. The zero-order chi connectivity index (χ0) is 15.0. The van der Waals surface area contributed by atoms with Gasteiger partial charge < -0.3 is 24.2 Å². The number of hydrogen-bond acceptors (Lipinski definition) is 5. The molecule has 1 aromatic rings. The monoisotopic (exact) mass is 283 g/mol. The number of para-hydroxylation sites is 1. The molecular weight excluding hydrogens is 262 g/mol. The molecule has 1 aromatic carbocycles. The summed E-state index contributed by atoms with van der Waals surface area (Å²) in [6.45, 7) is 1.57. The van der Waals surface area contributed by atoms with Crippen LogP contribution >= 0.6 is 0 Å². The Kier molecular flexibility index (Phi) is 6.66. The second-order valence-electron chi connectivity index (χ2n) is 4.29. The number of carbonyl (C=O) groups is 1. The topological polar surface area (TPSA) is 68.2 Å². The van der Waals surface area contributed by atoms with Gasteiger partial charge in [0.2, 0.25) is 5.75 Å². The molecule has 6 nitrogen and oxygen atoms in total. The van der Waals surface area contributed by atoms with Crippen LogP contribution in [0.25, 0.3) is 0 Å². The summed E-state index contributed by atoms with van der Waals surface area (Å²) in [5, 5.41) is 8.60. The number of nitrogens with zero attached hydrogens (tertiary/aromatic N) is 1. The van der Waals surface area contributed by atoms with E-state index in [1.807, 2.05) is 18.0 Å². The van der Waals surface area contributed by atoms with Crippen molar-refractivity contribution in [2.45, 2.75) is 6.42 Å². The van der Waals surface area contributed by atoms with Crippen LogP contribution in [-0.2, 0) is 4.79 Å². The zero-order valence-corrected chi connectivity index (χ0v) is 12.1. The van der Waals surface area contributed by atoms with Crippen LogP contribution in [0.2, 0.25) is 0 Å². The van der Waals surface area contributed by atoms with E-state index < -0.39 is 5.97 Å². The van der Waals surface area contributed by atoms with E-state index in [2.05, 4.69) is 0 Å². The maximum absolute atomic E-state index is 10.5. The molecule has 0 amide bonds. The molecule has 0 fully saturated rings. The number of benzene rings is 1. The lowest BCUT2D eigenvalue weighted by Crippen LogP contribution is -2.26.